The predicted octanol–water partition coefficient (Wildman–Crippen LogP) is -0.848. The molecular weight excluding hydrogens is 122 g/mol. The number of hydrogen-bond acceptors (Lipinski definition) is 3. The zero-order valence-electron chi connectivity index (χ0n) is 5.47. The molecule has 0 aliphatic rings. The van der Waals surface area contributed by atoms with Gasteiger partial charge in [-0.3, -0.25) is 0 Å². The van der Waals surface area contributed by atoms with Crippen LogP contribution in [0.1, 0.15) is 6.92 Å². The summed E-state index contributed by atoms with van der Waals surface area (Å²) in [5.74, 6) is 0. The second-order valence-electron chi connectivity index (χ2n) is 1.55. The van der Waals surface area contributed by atoms with Crippen LogP contribution in [0.15, 0.2) is 0 Å². The van der Waals surface area contributed by atoms with Crippen LogP contribution in [-0.4, -0.2) is 19.3 Å². The van der Waals surface area contributed by atoms with Gasteiger partial charge in [0.15, 0.2) is 0 Å². The second kappa shape index (κ2) is 4.11. The summed E-state index contributed by atoms with van der Waals surface area (Å²) in [6.07, 6.45) is -0.257. The van der Waals surface area contributed by atoms with Gasteiger partial charge in [0.2, 0.25) is 0 Å². The first-order valence-electron chi connectivity index (χ1n) is 2.51. The molecule has 1 unspecified atom stereocenters. The Morgan fingerprint density at radius 2 is 2.33 bits per heavy atom. The number of primary amides is 1. The zero-order chi connectivity index (χ0) is 7.28. The number of nitrogens with one attached hydrogen (secondary N) is 2. The number of rotatable bonds is 3. The normalized spacial score (nSPS) is 12.7. The molecule has 0 heterocycles. The van der Waals surface area contributed by atoms with Crippen LogP contribution in [0.25, 0.3) is 0 Å². The Labute approximate surface area is 53.5 Å². The van der Waals surface area contributed by atoms with Gasteiger partial charge in [0.25, 0.3) is 0 Å². The van der Waals surface area contributed by atoms with E-state index in [4.69, 9.17) is 5.73 Å². The predicted molar refractivity (Wildman–Crippen MR) is 32.3 cm³/mol. The van der Waals surface area contributed by atoms with Crippen LogP contribution in [0.2, 0.25) is 0 Å². The van der Waals surface area contributed by atoms with E-state index < -0.39 is 6.03 Å². The largest absolute Gasteiger partial charge is 0.352 e. The molecule has 0 saturated carbocycles. The lowest BCUT2D eigenvalue weighted by molar-refractivity contribution is 0.0593. The van der Waals surface area contributed by atoms with Gasteiger partial charge in [-0.2, -0.15) is 5.48 Å². The van der Waals surface area contributed by atoms with Crippen molar-refractivity contribution in [2.45, 2.75) is 13.1 Å². The molecule has 0 aromatic rings. The Morgan fingerprint density at radius 3 is 2.67 bits per heavy atom. The summed E-state index contributed by atoms with van der Waals surface area (Å²) in [7, 11) is 1.46. The summed E-state index contributed by atoms with van der Waals surface area (Å²) < 4.78 is 0. The maximum Gasteiger partial charge on any atom is 0.313 e. The minimum atomic E-state index is -0.577. The van der Waals surface area contributed by atoms with Crippen LogP contribution in [0, 0.1) is 0 Å². The fourth-order valence-corrected chi connectivity index (χ4v) is 0.420. The van der Waals surface area contributed by atoms with E-state index in [1.807, 2.05) is 0 Å². The van der Waals surface area contributed by atoms with Crippen LogP contribution < -0.4 is 16.5 Å². The lowest BCUT2D eigenvalue weighted by Gasteiger charge is -2.10. The molecule has 0 aliphatic heterocycles. The Bertz CT molecular complexity index is 95.8. The maximum absolute atomic E-state index is 10.1. The number of hydroxylamine groups is 1. The summed E-state index contributed by atoms with van der Waals surface area (Å²) >= 11 is 0. The third-order valence-corrected chi connectivity index (χ3v) is 0.653. The smallest absolute Gasteiger partial charge is 0.313 e. The zero-order valence-corrected chi connectivity index (χ0v) is 5.47. The van der Waals surface area contributed by atoms with Crippen molar-refractivity contribution in [1.29, 1.82) is 0 Å². The fraction of sp³-hybridized carbons (Fsp3) is 0.750. The Hall–Kier alpha value is -0.810. The highest BCUT2D eigenvalue weighted by Crippen LogP contribution is 1.70. The van der Waals surface area contributed by atoms with Crippen molar-refractivity contribution in [3.63, 3.8) is 0 Å². The van der Waals surface area contributed by atoms with Gasteiger partial charge in [-0.05, 0) is 6.92 Å². The molecular formula is C4H11N3O2. The molecule has 5 heteroatoms. The number of nitrogens with two attached hydrogens (primary N) is 1. The Morgan fingerprint density at radius 1 is 1.78 bits per heavy atom. The van der Waals surface area contributed by atoms with Crippen molar-refractivity contribution in [3.05, 3.63) is 0 Å². The molecule has 0 aromatic carbocycles. The molecule has 0 saturated heterocycles. The third-order valence-electron chi connectivity index (χ3n) is 0.653. The molecule has 0 bridgehead atoms. The molecule has 1 atom stereocenters. The van der Waals surface area contributed by atoms with E-state index in [0.29, 0.717) is 0 Å². The van der Waals surface area contributed by atoms with E-state index in [2.05, 4.69) is 15.6 Å². The van der Waals surface area contributed by atoms with Crippen molar-refractivity contribution in [1.82, 2.24) is 10.8 Å². The summed E-state index contributed by atoms with van der Waals surface area (Å²) in [6, 6.07) is -0.577. The average molecular weight is 133 g/mol. The van der Waals surface area contributed by atoms with Gasteiger partial charge in [0.1, 0.15) is 6.17 Å². The second-order valence-corrected chi connectivity index (χ2v) is 1.55. The molecule has 54 valence electrons. The highest BCUT2D eigenvalue weighted by molar-refractivity contribution is 5.71. The topological polar surface area (TPSA) is 76.4 Å². The van der Waals surface area contributed by atoms with Gasteiger partial charge in [-0.1, -0.05) is 0 Å². The van der Waals surface area contributed by atoms with Gasteiger partial charge < -0.3 is 15.9 Å². The summed E-state index contributed by atoms with van der Waals surface area (Å²) in [6.45, 7) is 1.70. The van der Waals surface area contributed by atoms with E-state index in [-0.39, 0.29) is 6.17 Å². The van der Waals surface area contributed by atoms with Crippen LogP contribution in [0.5, 0.6) is 0 Å². The molecule has 9 heavy (non-hydrogen) atoms. The SMILES string of the molecule is CONC(C)NC(N)=O. The van der Waals surface area contributed by atoms with E-state index in [0.717, 1.165) is 0 Å². The van der Waals surface area contributed by atoms with Crippen LogP contribution in [0.4, 0.5) is 4.79 Å². The van der Waals surface area contributed by atoms with E-state index in [1.165, 1.54) is 7.11 Å². The van der Waals surface area contributed by atoms with E-state index in [1.54, 1.807) is 6.92 Å². The van der Waals surface area contributed by atoms with Crippen molar-refractivity contribution in [2.24, 2.45) is 5.73 Å². The monoisotopic (exact) mass is 133 g/mol. The average Bonchev–Trinajstić information content (AvgIpc) is 1.63. The van der Waals surface area contributed by atoms with Gasteiger partial charge in [0, 0.05) is 0 Å². The standard InChI is InChI=1S/C4H11N3O2/c1-3(7-9-2)6-4(5)8/h3,7H,1-2H3,(H3,5,6,8). The van der Waals surface area contributed by atoms with E-state index >= 15 is 0 Å². The summed E-state index contributed by atoms with van der Waals surface area (Å²) in [5.41, 5.74) is 7.24. The fourth-order valence-electron chi connectivity index (χ4n) is 0.420. The number of carbonyl (C=O) groups excluding carboxylic acids is 1. The van der Waals surface area contributed by atoms with Crippen molar-refractivity contribution in [3.8, 4) is 0 Å². The van der Waals surface area contributed by atoms with E-state index in [9.17, 15) is 4.79 Å². The van der Waals surface area contributed by atoms with Crippen molar-refractivity contribution in [2.75, 3.05) is 7.11 Å². The van der Waals surface area contributed by atoms with Crippen molar-refractivity contribution >= 4 is 6.03 Å². The highest BCUT2D eigenvalue weighted by Gasteiger charge is 1.99. The van der Waals surface area contributed by atoms with Crippen molar-refractivity contribution < 1.29 is 9.63 Å². The van der Waals surface area contributed by atoms with Gasteiger partial charge >= 0.3 is 6.03 Å². The van der Waals surface area contributed by atoms with Gasteiger partial charge in [0.05, 0.1) is 7.11 Å². The quantitative estimate of drug-likeness (QED) is 0.347. The highest BCUT2D eigenvalue weighted by atomic mass is 16.6. The molecule has 0 fully saturated rings. The first kappa shape index (κ1) is 8.19. The Balaban J connectivity index is 3.26. The molecule has 0 radical (unpaired) electrons. The first-order chi connectivity index (χ1) is 4.16. The molecule has 0 aliphatic carbocycles. The van der Waals surface area contributed by atoms with Crippen LogP contribution in [0.3, 0.4) is 0 Å². The van der Waals surface area contributed by atoms with Gasteiger partial charge in [-0.15, -0.1) is 0 Å². The molecule has 4 N–H and O–H groups in total. The lowest BCUT2D eigenvalue weighted by Crippen LogP contribution is -2.45. The van der Waals surface area contributed by atoms with Crippen LogP contribution in [-0.2, 0) is 4.84 Å². The minimum absolute atomic E-state index is 0.257. The lowest BCUT2D eigenvalue weighted by atomic mass is 10.6. The molecule has 0 spiro atoms. The molecule has 5 nitrogen and oxygen atoms in total. The number of carbonyl (C=O) groups is 1. The number of urea groups is 1. The molecule has 0 rings (SSSR count). The first-order valence-corrected chi connectivity index (χ1v) is 2.51. The number of amides is 2. The summed E-state index contributed by atoms with van der Waals surface area (Å²) in [5, 5.41) is 2.35. The Kier molecular flexibility index (Phi) is 3.74. The summed E-state index contributed by atoms with van der Waals surface area (Å²) in [4.78, 5) is 14.6. The molecule has 2 amide bonds. The van der Waals surface area contributed by atoms with Gasteiger partial charge in [-0.25, -0.2) is 4.79 Å². The third kappa shape index (κ3) is 5.05. The number of hydrogen-bond donors (Lipinski definition) is 3. The maximum atomic E-state index is 10.1. The minimum Gasteiger partial charge on any atom is -0.352 e. The molecule has 0 aromatic heterocycles. The van der Waals surface area contributed by atoms with Crippen LogP contribution >= 0.6 is 0 Å².